The average molecular weight is 374 g/mol. The Labute approximate surface area is 154 Å². The van der Waals surface area contributed by atoms with E-state index in [1.165, 1.54) is 24.4 Å². The molecule has 1 N–H and O–H groups in total. The van der Waals surface area contributed by atoms with Gasteiger partial charge < -0.3 is 9.73 Å². The third-order valence-electron chi connectivity index (χ3n) is 4.07. The van der Waals surface area contributed by atoms with Gasteiger partial charge in [-0.05, 0) is 48.9 Å². The molecule has 0 aliphatic heterocycles. The predicted molar refractivity (Wildman–Crippen MR) is 93.1 cm³/mol. The smallest absolute Gasteiger partial charge is 0.220 e. The van der Waals surface area contributed by atoms with E-state index < -0.39 is 17.7 Å². The summed E-state index contributed by atoms with van der Waals surface area (Å²) < 4.78 is 44.8. The molecule has 1 amide bonds. The number of rotatable bonds is 6. The fourth-order valence-electron chi connectivity index (χ4n) is 2.57. The minimum absolute atomic E-state index is 0.122. The second-order valence-corrected chi connectivity index (χ2v) is 6.09. The molecule has 2 aromatic carbocycles. The van der Waals surface area contributed by atoms with Crippen molar-refractivity contribution in [1.82, 2.24) is 10.3 Å². The molecule has 0 aliphatic rings. The molecule has 0 spiro atoms. The van der Waals surface area contributed by atoms with Crippen LogP contribution >= 0.6 is 0 Å². The molecule has 0 aliphatic carbocycles. The molecule has 0 radical (unpaired) electrons. The van der Waals surface area contributed by atoms with Gasteiger partial charge in [-0.3, -0.25) is 4.79 Å². The summed E-state index contributed by atoms with van der Waals surface area (Å²) in [6, 6.07) is 8.85. The van der Waals surface area contributed by atoms with Crippen molar-refractivity contribution in [3.63, 3.8) is 0 Å². The van der Waals surface area contributed by atoms with Crippen molar-refractivity contribution in [3.05, 3.63) is 77.6 Å². The van der Waals surface area contributed by atoms with Gasteiger partial charge in [0.15, 0.2) is 23.3 Å². The van der Waals surface area contributed by atoms with Gasteiger partial charge in [0, 0.05) is 18.4 Å². The largest absolute Gasteiger partial charge is 0.441 e. The van der Waals surface area contributed by atoms with Crippen molar-refractivity contribution in [1.29, 1.82) is 0 Å². The summed E-state index contributed by atoms with van der Waals surface area (Å²) >= 11 is 0. The number of carbonyl (C=O) groups excluding carboxylic acids is 1. The van der Waals surface area contributed by atoms with E-state index in [2.05, 4.69) is 10.3 Å². The van der Waals surface area contributed by atoms with Gasteiger partial charge in [0.25, 0.3) is 0 Å². The molecule has 3 rings (SSSR count). The van der Waals surface area contributed by atoms with Crippen LogP contribution in [0.15, 0.2) is 53.1 Å². The van der Waals surface area contributed by atoms with Gasteiger partial charge in [-0.1, -0.05) is 6.07 Å². The second-order valence-electron chi connectivity index (χ2n) is 6.09. The summed E-state index contributed by atoms with van der Waals surface area (Å²) in [5.74, 6) is -1.63. The van der Waals surface area contributed by atoms with Gasteiger partial charge in [-0.25, -0.2) is 18.2 Å². The monoisotopic (exact) mass is 374 g/mol. The molecule has 0 saturated carbocycles. The van der Waals surface area contributed by atoms with Crippen LogP contribution in [0.2, 0.25) is 0 Å². The van der Waals surface area contributed by atoms with Gasteiger partial charge in [-0.2, -0.15) is 0 Å². The molecule has 1 heterocycles. The van der Waals surface area contributed by atoms with E-state index in [-0.39, 0.29) is 24.6 Å². The Morgan fingerprint density at radius 1 is 1.11 bits per heavy atom. The highest BCUT2D eigenvalue weighted by Gasteiger charge is 2.14. The highest BCUT2D eigenvalue weighted by atomic mass is 19.2. The summed E-state index contributed by atoms with van der Waals surface area (Å²) in [7, 11) is 0. The van der Waals surface area contributed by atoms with E-state index in [1.807, 2.05) is 0 Å². The number of oxazole rings is 1. The van der Waals surface area contributed by atoms with E-state index in [4.69, 9.17) is 4.42 Å². The fourth-order valence-corrected chi connectivity index (χ4v) is 2.57. The molecular formula is C20H17F3N2O2. The Kier molecular flexibility index (Phi) is 5.59. The number of amides is 1. The van der Waals surface area contributed by atoms with Crippen LogP contribution in [0.4, 0.5) is 13.2 Å². The van der Waals surface area contributed by atoms with Gasteiger partial charge >= 0.3 is 0 Å². The van der Waals surface area contributed by atoms with Crippen LogP contribution in [0, 0.1) is 17.5 Å². The van der Waals surface area contributed by atoms with Gasteiger partial charge in [0.05, 0.1) is 12.2 Å². The first-order chi connectivity index (χ1) is 12.9. The van der Waals surface area contributed by atoms with Crippen molar-refractivity contribution in [2.75, 3.05) is 0 Å². The highest BCUT2D eigenvalue weighted by Crippen LogP contribution is 2.21. The number of aromatic nitrogens is 1. The maximum atomic E-state index is 13.3. The standard InChI is InChI=1S/C20H17F3N2O2/c1-12(14-4-7-16(22)17(23)10-14)25-19(26)8-9-20-24-11-18(27-20)13-2-5-15(21)6-3-13/h2-7,10-12H,8-9H2,1H3,(H,25,26). The molecule has 3 aromatic rings. The summed E-state index contributed by atoms with van der Waals surface area (Å²) in [6.45, 7) is 1.68. The molecule has 4 nitrogen and oxygen atoms in total. The van der Waals surface area contributed by atoms with E-state index in [0.717, 1.165) is 12.1 Å². The van der Waals surface area contributed by atoms with Gasteiger partial charge in [0.1, 0.15) is 5.82 Å². The number of carbonyl (C=O) groups is 1. The fraction of sp³-hybridized carbons (Fsp3) is 0.200. The molecular weight excluding hydrogens is 357 g/mol. The normalized spacial score (nSPS) is 12.0. The Hall–Kier alpha value is -3.09. The molecule has 140 valence electrons. The Morgan fingerprint density at radius 2 is 1.85 bits per heavy atom. The summed E-state index contributed by atoms with van der Waals surface area (Å²) in [4.78, 5) is 16.2. The maximum Gasteiger partial charge on any atom is 0.220 e. The molecule has 7 heteroatoms. The van der Waals surface area contributed by atoms with Crippen molar-refractivity contribution in [3.8, 4) is 11.3 Å². The zero-order valence-corrected chi connectivity index (χ0v) is 14.5. The molecule has 0 fully saturated rings. The second kappa shape index (κ2) is 8.07. The van der Waals surface area contributed by atoms with Gasteiger partial charge in [0.2, 0.25) is 5.91 Å². The van der Waals surface area contributed by atoms with Crippen molar-refractivity contribution in [2.45, 2.75) is 25.8 Å². The first kappa shape index (κ1) is 18.7. The predicted octanol–water partition coefficient (Wildman–Crippen LogP) is 4.57. The van der Waals surface area contributed by atoms with E-state index in [0.29, 0.717) is 22.8 Å². The minimum atomic E-state index is -0.957. The quantitative estimate of drug-likeness (QED) is 0.688. The van der Waals surface area contributed by atoms with Crippen LogP contribution in [-0.4, -0.2) is 10.9 Å². The Morgan fingerprint density at radius 3 is 2.56 bits per heavy atom. The molecule has 0 bridgehead atoms. The summed E-state index contributed by atoms with van der Waals surface area (Å²) in [5.41, 5.74) is 1.16. The molecule has 27 heavy (non-hydrogen) atoms. The third-order valence-corrected chi connectivity index (χ3v) is 4.07. The number of nitrogens with one attached hydrogen (secondary N) is 1. The van der Waals surface area contributed by atoms with Crippen molar-refractivity contribution >= 4 is 5.91 Å². The summed E-state index contributed by atoms with van der Waals surface area (Å²) in [5, 5.41) is 2.72. The SMILES string of the molecule is CC(NC(=O)CCc1ncc(-c2ccc(F)cc2)o1)c1ccc(F)c(F)c1. The molecule has 1 unspecified atom stereocenters. The van der Waals surface area contributed by atoms with E-state index in [1.54, 1.807) is 19.1 Å². The lowest BCUT2D eigenvalue weighted by molar-refractivity contribution is -0.121. The van der Waals surface area contributed by atoms with Crippen LogP contribution < -0.4 is 5.32 Å². The Balaban J connectivity index is 1.54. The number of aryl methyl sites for hydroxylation is 1. The maximum absolute atomic E-state index is 13.3. The number of hydrogen-bond acceptors (Lipinski definition) is 3. The number of hydrogen-bond donors (Lipinski definition) is 1. The molecule has 1 aromatic heterocycles. The molecule has 1 atom stereocenters. The average Bonchev–Trinajstić information content (AvgIpc) is 3.12. The van der Waals surface area contributed by atoms with Gasteiger partial charge in [-0.15, -0.1) is 0 Å². The zero-order chi connectivity index (χ0) is 19.4. The first-order valence-electron chi connectivity index (χ1n) is 8.37. The number of benzene rings is 2. The number of halogens is 3. The minimum Gasteiger partial charge on any atom is -0.441 e. The van der Waals surface area contributed by atoms with E-state index in [9.17, 15) is 18.0 Å². The van der Waals surface area contributed by atoms with Crippen LogP contribution in [0.3, 0.4) is 0 Å². The van der Waals surface area contributed by atoms with E-state index >= 15 is 0 Å². The van der Waals surface area contributed by atoms with Crippen molar-refractivity contribution < 1.29 is 22.4 Å². The lowest BCUT2D eigenvalue weighted by Gasteiger charge is -2.14. The van der Waals surface area contributed by atoms with Crippen molar-refractivity contribution in [2.24, 2.45) is 0 Å². The lowest BCUT2D eigenvalue weighted by atomic mass is 10.1. The van der Waals surface area contributed by atoms with Crippen LogP contribution in [-0.2, 0) is 11.2 Å². The first-order valence-corrected chi connectivity index (χ1v) is 8.37. The Bertz CT molecular complexity index is 939. The summed E-state index contributed by atoms with van der Waals surface area (Å²) in [6.07, 6.45) is 1.92. The molecule has 0 saturated heterocycles. The topological polar surface area (TPSA) is 55.1 Å². The third kappa shape index (κ3) is 4.75. The van der Waals surface area contributed by atoms with Crippen LogP contribution in [0.1, 0.15) is 30.8 Å². The van der Waals surface area contributed by atoms with Crippen LogP contribution in [0.5, 0.6) is 0 Å². The highest BCUT2D eigenvalue weighted by molar-refractivity contribution is 5.76. The number of nitrogens with zero attached hydrogens (tertiary/aromatic N) is 1. The van der Waals surface area contributed by atoms with Crippen LogP contribution in [0.25, 0.3) is 11.3 Å². The zero-order valence-electron chi connectivity index (χ0n) is 14.5. The lowest BCUT2D eigenvalue weighted by Crippen LogP contribution is -2.27.